The van der Waals surface area contributed by atoms with Crippen LogP contribution in [-0.2, 0) is 11.2 Å². The van der Waals surface area contributed by atoms with Gasteiger partial charge in [0, 0.05) is 6.42 Å². The Kier molecular flexibility index (Phi) is 3.80. The van der Waals surface area contributed by atoms with Crippen LogP contribution in [0, 0.1) is 0 Å². The van der Waals surface area contributed by atoms with Crippen molar-refractivity contribution in [3.8, 4) is 0 Å². The monoisotopic (exact) mass is 277 g/mol. The summed E-state index contributed by atoms with van der Waals surface area (Å²) in [6.07, 6.45) is 3.45. The van der Waals surface area contributed by atoms with Crippen LogP contribution in [0.2, 0.25) is 0 Å². The van der Waals surface area contributed by atoms with Crippen molar-refractivity contribution in [2.45, 2.75) is 43.1 Å². The fourth-order valence-electron chi connectivity index (χ4n) is 2.94. The van der Waals surface area contributed by atoms with Gasteiger partial charge in [0.05, 0.1) is 17.4 Å². The van der Waals surface area contributed by atoms with E-state index in [0.29, 0.717) is 6.42 Å². The molecule has 1 aromatic carbocycles. The van der Waals surface area contributed by atoms with E-state index in [2.05, 4.69) is 5.32 Å². The molecule has 3 unspecified atom stereocenters. The quantitative estimate of drug-likeness (QED) is 0.870. The van der Waals surface area contributed by atoms with Crippen LogP contribution in [0.25, 0.3) is 0 Å². The van der Waals surface area contributed by atoms with E-state index >= 15 is 0 Å². The zero-order valence-electron chi connectivity index (χ0n) is 10.8. The molecule has 1 aromatic rings. The molecule has 1 fully saturated rings. The molecule has 19 heavy (non-hydrogen) atoms. The molecule has 0 saturated carbocycles. The molecular formula is C15H19NO2S. The largest absolute Gasteiger partial charge is 0.390 e. The van der Waals surface area contributed by atoms with Crippen molar-refractivity contribution < 1.29 is 9.90 Å². The molecule has 0 bridgehead atoms. The van der Waals surface area contributed by atoms with Crippen molar-refractivity contribution in [3.05, 3.63) is 35.4 Å². The summed E-state index contributed by atoms with van der Waals surface area (Å²) in [4.78, 5) is 12.3. The van der Waals surface area contributed by atoms with E-state index in [1.54, 1.807) is 11.8 Å². The summed E-state index contributed by atoms with van der Waals surface area (Å²) in [5, 5.41) is 13.2. The molecular weight excluding hydrogens is 258 g/mol. The van der Waals surface area contributed by atoms with Crippen LogP contribution in [0.5, 0.6) is 0 Å². The molecule has 1 heterocycles. The van der Waals surface area contributed by atoms with Crippen molar-refractivity contribution in [3.63, 3.8) is 0 Å². The molecule has 1 aliphatic heterocycles. The Balaban J connectivity index is 1.71. The molecule has 2 N–H and O–H groups in total. The van der Waals surface area contributed by atoms with Gasteiger partial charge in [0.2, 0.25) is 5.91 Å². The Hall–Kier alpha value is -1.00. The number of aliphatic hydroxyl groups excluding tert-OH is 1. The fraction of sp³-hybridized carbons (Fsp3) is 0.533. The molecule has 1 saturated heterocycles. The number of hydrogen-bond donors (Lipinski definition) is 2. The van der Waals surface area contributed by atoms with E-state index in [1.807, 2.05) is 24.3 Å². The summed E-state index contributed by atoms with van der Waals surface area (Å²) in [5.41, 5.74) is 2.22. The second kappa shape index (κ2) is 5.55. The van der Waals surface area contributed by atoms with Crippen molar-refractivity contribution in [1.82, 2.24) is 5.32 Å². The lowest BCUT2D eigenvalue weighted by Gasteiger charge is -2.24. The number of nitrogens with one attached hydrogen (secondary N) is 1. The van der Waals surface area contributed by atoms with Crippen molar-refractivity contribution in [2.24, 2.45) is 0 Å². The zero-order valence-corrected chi connectivity index (χ0v) is 11.7. The molecule has 0 aromatic heterocycles. The van der Waals surface area contributed by atoms with Gasteiger partial charge in [-0.05, 0) is 29.7 Å². The summed E-state index contributed by atoms with van der Waals surface area (Å²) in [6, 6.07) is 7.74. The molecule has 2 aliphatic rings. The fourth-order valence-corrected chi connectivity index (χ4v) is 4.15. The predicted molar refractivity (Wildman–Crippen MR) is 77.1 cm³/mol. The minimum absolute atomic E-state index is 0.0636. The molecule has 102 valence electrons. The highest BCUT2D eigenvalue weighted by Gasteiger charge is 2.33. The van der Waals surface area contributed by atoms with E-state index in [9.17, 15) is 9.90 Å². The maximum Gasteiger partial charge on any atom is 0.233 e. The normalized spacial score (nSPS) is 29.8. The average molecular weight is 277 g/mol. The number of carbonyl (C=O) groups is 1. The molecule has 1 amide bonds. The van der Waals surface area contributed by atoms with E-state index in [0.717, 1.165) is 29.7 Å². The van der Waals surface area contributed by atoms with Gasteiger partial charge in [-0.3, -0.25) is 4.79 Å². The third-order valence-corrected chi connectivity index (χ3v) is 5.35. The molecule has 1 aliphatic carbocycles. The number of fused-ring (bicyclic) bond motifs is 1. The van der Waals surface area contributed by atoms with E-state index in [4.69, 9.17) is 0 Å². The summed E-state index contributed by atoms with van der Waals surface area (Å²) < 4.78 is 0. The van der Waals surface area contributed by atoms with Gasteiger partial charge in [0.25, 0.3) is 0 Å². The highest BCUT2D eigenvalue weighted by atomic mass is 32.2. The molecule has 3 atom stereocenters. The average Bonchev–Trinajstić information content (AvgIpc) is 2.76. The van der Waals surface area contributed by atoms with Gasteiger partial charge in [0.1, 0.15) is 0 Å². The lowest BCUT2D eigenvalue weighted by molar-refractivity contribution is -0.122. The summed E-state index contributed by atoms with van der Waals surface area (Å²) in [6.45, 7) is 0. The Labute approximate surface area is 117 Å². The number of thioether (sulfide) groups is 1. The van der Waals surface area contributed by atoms with Gasteiger partial charge < -0.3 is 10.4 Å². The first-order valence-corrected chi connectivity index (χ1v) is 7.98. The van der Waals surface area contributed by atoms with Crippen LogP contribution >= 0.6 is 11.8 Å². The number of aliphatic hydroxyl groups is 1. The molecule has 0 spiro atoms. The van der Waals surface area contributed by atoms with Gasteiger partial charge in [-0.1, -0.05) is 30.7 Å². The molecule has 4 heteroatoms. The number of amides is 1. The number of rotatable bonds is 2. The lowest BCUT2D eigenvalue weighted by Crippen LogP contribution is -2.39. The minimum atomic E-state index is -0.491. The number of carbonyl (C=O) groups excluding carboxylic acids is 1. The van der Waals surface area contributed by atoms with Crippen LogP contribution in [0.1, 0.15) is 36.4 Å². The Morgan fingerprint density at radius 3 is 2.95 bits per heavy atom. The third-order valence-electron chi connectivity index (χ3n) is 3.97. The van der Waals surface area contributed by atoms with E-state index in [-0.39, 0.29) is 17.2 Å². The van der Waals surface area contributed by atoms with Crippen LogP contribution < -0.4 is 5.32 Å². The maximum absolute atomic E-state index is 12.3. The van der Waals surface area contributed by atoms with Crippen molar-refractivity contribution in [2.75, 3.05) is 5.75 Å². The maximum atomic E-state index is 12.3. The zero-order chi connectivity index (χ0) is 13.2. The molecule has 3 nitrogen and oxygen atoms in total. The smallest absolute Gasteiger partial charge is 0.233 e. The predicted octanol–water partition coefficient (Wildman–Crippen LogP) is 2.05. The minimum Gasteiger partial charge on any atom is -0.390 e. The topological polar surface area (TPSA) is 49.3 Å². The Morgan fingerprint density at radius 2 is 2.16 bits per heavy atom. The Bertz CT molecular complexity index is 471. The van der Waals surface area contributed by atoms with Crippen LogP contribution in [0.3, 0.4) is 0 Å². The molecule has 3 rings (SSSR count). The van der Waals surface area contributed by atoms with Crippen molar-refractivity contribution in [1.29, 1.82) is 0 Å². The highest BCUT2D eigenvalue weighted by molar-refractivity contribution is 8.00. The second-order valence-corrected chi connectivity index (χ2v) is 6.62. The van der Waals surface area contributed by atoms with E-state index < -0.39 is 6.10 Å². The van der Waals surface area contributed by atoms with Crippen LogP contribution in [0.15, 0.2) is 24.3 Å². The summed E-state index contributed by atoms with van der Waals surface area (Å²) >= 11 is 1.74. The SMILES string of the molecule is O=C(NC1c2ccccc2CC1O)C1CCCCS1. The van der Waals surface area contributed by atoms with Gasteiger partial charge in [-0.15, -0.1) is 11.8 Å². The number of benzene rings is 1. The highest BCUT2D eigenvalue weighted by Crippen LogP contribution is 2.32. The first kappa shape index (κ1) is 13.0. The van der Waals surface area contributed by atoms with Gasteiger partial charge in [0.15, 0.2) is 0 Å². The van der Waals surface area contributed by atoms with Crippen LogP contribution in [-0.4, -0.2) is 28.1 Å². The van der Waals surface area contributed by atoms with Crippen molar-refractivity contribution >= 4 is 17.7 Å². The summed E-state index contributed by atoms with van der Waals surface area (Å²) in [7, 11) is 0. The van der Waals surface area contributed by atoms with Gasteiger partial charge in [-0.2, -0.15) is 0 Å². The first-order chi connectivity index (χ1) is 9.25. The Morgan fingerprint density at radius 1 is 1.32 bits per heavy atom. The summed E-state index contributed by atoms with van der Waals surface area (Å²) in [5.74, 6) is 1.16. The lowest BCUT2D eigenvalue weighted by atomic mass is 10.1. The first-order valence-electron chi connectivity index (χ1n) is 6.93. The molecule has 0 radical (unpaired) electrons. The van der Waals surface area contributed by atoms with Gasteiger partial charge >= 0.3 is 0 Å². The van der Waals surface area contributed by atoms with E-state index in [1.165, 1.54) is 6.42 Å². The third kappa shape index (κ3) is 2.65. The van der Waals surface area contributed by atoms with Gasteiger partial charge in [-0.25, -0.2) is 0 Å². The van der Waals surface area contributed by atoms with Crippen LogP contribution in [0.4, 0.5) is 0 Å². The second-order valence-electron chi connectivity index (χ2n) is 5.31. The number of hydrogen-bond acceptors (Lipinski definition) is 3. The standard InChI is InChI=1S/C15H19NO2S/c17-12-9-10-5-1-2-6-11(10)14(12)16-15(18)13-7-3-4-8-19-13/h1-2,5-6,12-14,17H,3-4,7-9H2,(H,16,18).